The molecule has 112 valence electrons. The van der Waals surface area contributed by atoms with Gasteiger partial charge in [-0.3, -0.25) is 0 Å². The number of nitrogens with one attached hydrogen (secondary N) is 1. The molecule has 0 amide bonds. The number of pyridine rings is 1. The Kier molecular flexibility index (Phi) is 3.06. The average molecular weight is 323 g/mol. The molecule has 0 bridgehead atoms. The second-order valence-corrected chi connectivity index (χ2v) is 5.70. The Morgan fingerprint density at radius 3 is 2.52 bits per heavy atom. The second kappa shape index (κ2) is 5.11. The van der Waals surface area contributed by atoms with E-state index < -0.39 is 5.97 Å². The van der Waals surface area contributed by atoms with Crippen molar-refractivity contribution in [3.63, 3.8) is 0 Å². The van der Waals surface area contributed by atoms with E-state index in [1.807, 2.05) is 36.4 Å². The van der Waals surface area contributed by atoms with Crippen LogP contribution in [0, 0.1) is 0 Å². The molecule has 0 unspecified atom stereocenters. The first-order valence-corrected chi connectivity index (χ1v) is 7.42. The van der Waals surface area contributed by atoms with Crippen molar-refractivity contribution in [3.8, 4) is 11.3 Å². The van der Waals surface area contributed by atoms with Crippen LogP contribution in [-0.2, 0) is 0 Å². The van der Waals surface area contributed by atoms with Crippen molar-refractivity contribution in [2.45, 2.75) is 0 Å². The van der Waals surface area contributed by atoms with Gasteiger partial charge in [-0.1, -0.05) is 41.9 Å². The molecule has 23 heavy (non-hydrogen) atoms. The normalized spacial score (nSPS) is 11.2. The van der Waals surface area contributed by atoms with Crippen LogP contribution in [-0.4, -0.2) is 21.0 Å². The topological polar surface area (TPSA) is 66.0 Å². The maximum atomic E-state index is 11.4. The van der Waals surface area contributed by atoms with E-state index >= 15 is 0 Å². The third-order valence-corrected chi connectivity index (χ3v) is 4.09. The van der Waals surface area contributed by atoms with E-state index in [4.69, 9.17) is 11.6 Å². The van der Waals surface area contributed by atoms with E-state index in [1.54, 1.807) is 18.2 Å². The fraction of sp³-hybridized carbons (Fsp3) is 0. The molecule has 0 radical (unpaired) electrons. The van der Waals surface area contributed by atoms with E-state index in [2.05, 4.69) is 9.97 Å². The monoisotopic (exact) mass is 322 g/mol. The van der Waals surface area contributed by atoms with Gasteiger partial charge in [0.15, 0.2) is 0 Å². The first-order chi connectivity index (χ1) is 11.1. The number of para-hydroxylation sites is 1. The van der Waals surface area contributed by atoms with Crippen LogP contribution in [0.25, 0.3) is 33.1 Å². The highest BCUT2D eigenvalue weighted by Gasteiger charge is 2.16. The second-order valence-electron chi connectivity index (χ2n) is 5.26. The van der Waals surface area contributed by atoms with Gasteiger partial charge in [0.2, 0.25) is 0 Å². The van der Waals surface area contributed by atoms with Crippen molar-refractivity contribution in [3.05, 3.63) is 65.3 Å². The lowest BCUT2D eigenvalue weighted by atomic mass is 10.1. The minimum absolute atomic E-state index is 0.0206. The number of fused-ring (bicyclic) bond motifs is 3. The Labute approximate surface area is 136 Å². The number of hydrogen-bond donors (Lipinski definition) is 2. The molecule has 4 aromatic rings. The van der Waals surface area contributed by atoms with Gasteiger partial charge in [0, 0.05) is 26.9 Å². The zero-order valence-corrected chi connectivity index (χ0v) is 12.6. The maximum Gasteiger partial charge on any atom is 0.354 e. The summed E-state index contributed by atoms with van der Waals surface area (Å²) in [5, 5.41) is 11.8. The molecule has 5 heteroatoms. The molecular weight excluding hydrogens is 312 g/mol. The number of aromatic nitrogens is 2. The number of halogens is 1. The lowest BCUT2D eigenvalue weighted by Crippen LogP contribution is -2.01. The first-order valence-electron chi connectivity index (χ1n) is 7.04. The summed E-state index contributed by atoms with van der Waals surface area (Å²) < 4.78 is 0. The molecule has 2 N–H and O–H groups in total. The Balaban J connectivity index is 2.12. The number of aromatic carboxylic acids is 1. The molecule has 0 fully saturated rings. The predicted molar refractivity (Wildman–Crippen MR) is 91.0 cm³/mol. The van der Waals surface area contributed by atoms with Crippen molar-refractivity contribution in [1.82, 2.24) is 9.97 Å². The molecule has 0 aliphatic rings. The van der Waals surface area contributed by atoms with Crippen molar-refractivity contribution in [2.75, 3.05) is 0 Å². The molecule has 0 saturated heterocycles. The Hall–Kier alpha value is -2.85. The molecule has 2 heterocycles. The van der Waals surface area contributed by atoms with Crippen LogP contribution in [0.2, 0.25) is 5.02 Å². The van der Waals surface area contributed by atoms with Gasteiger partial charge in [-0.2, -0.15) is 0 Å². The minimum atomic E-state index is -1.05. The molecule has 0 atom stereocenters. The summed E-state index contributed by atoms with van der Waals surface area (Å²) in [6.45, 7) is 0. The molecule has 0 saturated carbocycles. The standard InChI is InChI=1S/C18H11ClN2O2/c19-11-7-5-10(6-8-11)16-17-13(9-15(21-16)18(22)23)12-3-1-2-4-14(12)20-17/h1-9,20H,(H,22,23). The lowest BCUT2D eigenvalue weighted by Gasteiger charge is -2.05. The van der Waals surface area contributed by atoms with Gasteiger partial charge in [-0.25, -0.2) is 9.78 Å². The zero-order valence-electron chi connectivity index (χ0n) is 11.9. The van der Waals surface area contributed by atoms with Crippen LogP contribution in [0.1, 0.15) is 10.5 Å². The van der Waals surface area contributed by atoms with Gasteiger partial charge in [0.25, 0.3) is 0 Å². The zero-order chi connectivity index (χ0) is 16.0. The fourth-order valence-electron chi connectivity index (χ4n) is 2.77. The van der Waals surface area contributed by atoms with Crippen LogP contribution in [0.3, 0.4) is 0 Å². The number of aromatic amines is 1. The predicted octanol–water partition coefficient (Wildman–Crippen LogP) is 4.73. The molecule has 0 spiro atoms. The lowest BCUT2D eigenvalue weighted by molar-refractivity contribution is 0.0691. The third-order valence-electron chi connectivity index (χ3n) is 3.83. The number of carboxylic acid groups (broad SMARTS) is 1. The largest absolute Gasteiger partial charge is 0.477 e. The summed E-state index contributed by atoms with van der Waals surface area (Å²) in [5.74, 6) is -1.05. The minimum Gasteiger partial charge on any atom is -0.477 e. The number of benzene rings is 2. The maximum absolute atomic E-state index is 11.4. The Morgan fingerprint density at radius 1 is 1.04 bits per heavy atom. The van der Waals surface area contributed by atoms with Crippen LogP contribution in [0.5, 0.6) is 0 Å². The Bertz CT molecular complexity index is 1050. The molecule has 4 rings (SSSR count). The summed E-state index contributed by atoms with van der Waals surface area (Å²) in [7, 11) is 0. The SMILES string of the molecule is O=C(O)c1cc2c([nH]c3ccccc32)c(-c2ccc(Cl)cc2)n1. The van der Waals surface area contributed by atoms with Crippen molar-refractivity contribution in [1.29, 1.82) is 0 Å². The van der Waals surface area contributed by atoms with Gasteiger partial charge in [-0.05, 0) is 24.3 Å². The average Bonchev–Trinajstić information content (AvgIpc) is 2.93. The van der Waals surface area contributed by atoms with E-state index in [-0.39, 0.29) is 5.69 Å². The quantitative estimate of drug-likeness (QED) is 0.560. The molecule has 2 aromatic carbocycles. The molecule has 0 aliphatic heterocycles. The van der Waals surface area contributed by atoms with Gasteiger partial charge >= 0.3 is 5.97 Å². The number of nitrogens with zero attached hydrogens (tertiary/aromatic N) is 1. The highest BCUT2D eigenvalue weighted by atomic mass is 35.5. The fourth-order valence-corrected chi connectivity index (χ4v) is 2.90. The number of carboxylic acids is 1. The summed E-state index contributed by atoms with van der Waals surface area (Å²) in [5.41, 5.74) is 3.20. The van der Waals surface area contributed by atoms with Gasteiger partial charge < -0.3 is 10.1 Å². The van der Waals surface area contributed by atoms with Crippen molar-refractivity contribution < 1.29 is 9.90 Å². The highest BCUT2D eigenvalue weighted by molar-refractivity contribution is 6.30. The third kappa shape index (κ3) is 2.24. The van der Waals surface area contributed by atoms with Crippen molar-refractivity contribution in [2.24, 2.45) is 0 Å². The number of carbonyl (C=O) groups is 1. The van der Waals surface area contributed by atoms with Gasteiger partial charge in [0.1, 0.15) is 5.69 Å². The van der Waals surface area contributed by atoms with E-state index in [1.165, 1.54) is 0 Å². The van der Waals surface area contributed by atoms with Crippen LogP contribution in [0.4, 0.5) is 0 Å². The molecule has 4 nitrogen and oxygen atoms in total. The van der Waals surface area contributed by atoms with Crippen LogP contribution in [0.15, 0.2) is 54.6 Å². The number of rotatable bonds is 2. The molecule has 0 aliphatic carbocycles. The van der Waals surface area contributed by atoms with Crippen molar-refractivity contribution >= 4 is 39.4 Å². The van der Waals surface area contributed by atoms with Gasteiger partial charge in [-0.15, -0.1) is 0 Å². The first kappa shape index (κ1) is 13.8. The summed E-state index contributed by atoms with van der Waals surface area (Å²) in [6, 6.07) is 16.6. The summed E-state index contributed by atoms with van der Waals surface area (Å²) >= 11 is 5.94. The summed E-state index contributed by atoms with van der Waals surface area (Å²) in [4.78, 5) is 19.1. The van der Waals surface area contributed by atoms with Crippen LogP contribution >= 0.6 is 11.6 Å². The van der Waals surface area contributed by atoms with Gasteiger partial charge in [0.05, 0.1) is 11.2 Å². The molecule has 2 aromatic heterocycles. The smallest absolute Gasteiger partial charge is 0.354 e. The van der Waals surface area contributed by atoms with E-state index in [0.29, 0.717) is 10.7 Å². The number of H-pyrrole nitrogens is 1. The number of hydrogen-bond acceptors (Lipinski definition) is 2. The van der Waals surface area contributed by atoms with Crippen LogP contribution < -0.4 is 0 Å². The van der Waals surface area contributed by atoms with E-state index in [0.717, 1.165) is 27.4 Å². The highest BCUT2D eigenvalue weighted by Crippen LogP contribution is 2.33. The molecular formula is C18H11ClN2O2. The summed E-state index contributed by atoms with van der Waals surface area (Å²) in [6.07, 6.45) is 0. The Morgan fingerprint density at radius 2 is 1.78 bits per heavy atom. The van der Waals surface area contributed by atoms with E-state index in [9.17, 15) is 9.90 Å².